The molecular weight excluding hydrogens is 292 g/mol. The Balaban J connectivity index is 1.74. The minimum atomic E-state index is -0.463. The fourth-order valence-electron chi connectivity index (χ4n) is 2.98. The monoisotopic (exact) mass is 316 g/mol. The van der Waals surface area contributed by atoms with Crippen LogP contribution in [0.4, 0.5) is 10.5 Å². The molecule has 0 spiro atoms. The molecule has 1 atom stereocenters. The molecule has 0 radical (unpaired) electrons. The number of piperazine rings is 1. The smallest absolute Gasteiger partial charge is 0.410 e. The molecule has 1 saturated heterocycles. The molecule has 1 aromatic carbocycles. The van der Waals surface area contributed by atoms with Crippen LogP contribution < -0.4 is 4.90 Å². The number of H-pyrrole nitrogens is 1. The first-order valence-electron chi connectivity index (χ1n) is 8.02. The lowest BCUT2D eigenvalue weighted by Gasteiger charge is -2.41. The molecule has 3 rings (SSSR count). The second-order valence-electron chi connectivity index (χ2n) is 7.08. The Morgan fingerprint density at radius 2 is 2.13 bits per heavy atom. The third-order valence-corrected chi connectivity index (χ3v) is 4.05. The molecule has 1 aliphatic rings. The Kier molecular flexibility index (Phi) is 3.92. The fourth-order valence-corrected chi connectivity index (χ4v) is 2.98. The molecule has 6 heteroatoms. The van der Waals surface area contributed by atoms with E-state index in [1.54, 1.807) is 0 Å². The number of rotatable bonds is 1. The van der Waals surface area contributed by atoms with Crippen LogP contribution in [0.3, 0.4) is 0 Å². The molecule has 6 nitrogen and oxygen atoms in total. The first kappa shape index (κ1) is 15.6. The molecule has 1 amide bonds. The number of hydrogen-bond donors (Lipinski definition) is 1. The summed E-state index contributed by atoms with van der Waals surface area (Å²) in [5, 5.41) is 8.29. The summed E-state index contributed by atoms with van der Waals surface area (Å²) in [7, 11) is 0. The number of anilines is 1. The molecule has 0 aliphatic carbocycles. The van der Waals surface area contributed by atoms with Gasteiger partial charge >= 0.3 is 6.09 Å². The molecule has 0 unspecified atom stereocenters. The van der Waals surface area contributed by atoms with Crippen molar-refractivity contribution in [3.63, 3.8) is 0 Å². The summed E-state index contributed by atoms with van der Waals surface area (Å²) in [5.74, 6) is 0. The lowest BCUT2D eigenvalue weighted by atomic mass is 10.1. The summed E-state index contributed by atoms with van der Waals surface area (Å²) in [6, 6.07) is 6.27. The summed E-state index contributed by atoms with van der Waals surface area (Å²) in [5.41, 5.74) is 1.72. The van der Waals surface area contributed by atoms with Crippen LogP contribution in [-0.4, -0.2) is 52.5 Å². The highest BCUT2D eigenvalue weighted by atomic mass is 16.6. The van der Waals surface area contributed by atoms with Crippen molar-refractivity contribution < 1.29 is 9.53 Å². The van der Waals surface area contributed by atoms with Crippen LogP contribution in [0.5, 0.6) is 0 Å². The average Bonchev–Trinajstić information content (AvgIpc) is 2.93. The van der Waals surface area contributed by atoms with E-state index in [2.05, 4.69) is 28.1 Å². The molecule has 1 fully saturated rings. The van der Waals surface area contributed by atoms with Gasteiger partial charge in [-0.15, -0.1) is 0 Å². The lowest BCUT2D eigenvalue weighted by Crippen LogP contribution is -2.55. The van der Waals surface area contributed by atoms with Gasteiger partial charge in [-0.05, 0) is 33.8 Å². The van der Waals surface area contributed by atoms with Crippen molar-refractivity contribution >= 4 is 22.7 Å². The average molecular weight is 316 g/mol. The van der Waals surface area contributed by atoms with E-state index >= 15 is 0 Å². The van der Waals surface area contributed by atoms with Crippen LogP contribution >= 0.6 is 0 Å². The zero-order chi connectivity index (χ0) is 16.6. The SMILES string of the molecule is C[C@H]1CN(c2cccc3cn[nH]c23)CCN1C(=O)OC(C)(C)C. The van der Waals surface area contributed by atoms with Gasteiger partial charge in [0.1, 0.15) is 5.60 Å². The second-order valence-corrected chi connectivity index (χ2v) is 7.08. The molecule has 0 saturated carbocycles. The molecule has 1 N–H and O–H groups in total. The Labute approximate surface area is 136 Å². The maximum atomic E-state index is 12.3. The van der Waals surface area contributed by atoms with Gasteiger partial charge in [0.15, 0.2) is 0 Å². The third-order valence-electron chi connectivity index (χ3n) is 4.05. The lowest BCUT2D eigenvalue weighted by molar-refractivity contribution is 0.0159. The quantitative estimate of drug-likeness (QED) is 0.878. The standard InChI is InChI=1S/C17H24N4O2/c1-12-11-20(8-9-21(12)16(22)23-17(2,3)4)14-7-5-6-13-10-18-19-15(13)14/h5-7,10,12H,8-9,11H2,1-4H3,(H,18,19)/t12-/m0/s1. The summed E-state index contributed by atoms with van der Waals surface area (Å²) < 4.78 is 5.50. The number of para-hydroxylation sites is 1. The Morgan fingerprint density at radius 1 is 1.35 bits per heavy atom. The van der Waals surface area contributed by atoms with Gasteiger partial charge in [-0.25, -0.2) is 4.79 Å². The maximum Gasteiger partial charge on any atom is 0.410 e. The van der Waals surface area contributed by atoms with Gasteiger partial charge in [0, 0.05) is 31.1 Å². The van der Waals surface area contributed by atoms with Crippen LogP contribution in [-0.2, 0) is 4.74 Å². The largest absolute Gasteiger partial charge is 0.444 e. The number of aromatic amines is 1. The number of nitrogens with zero attached hydrogens (tertiary/aromatic N) is 3. The van der Waals surface area contributed by atoms with Crippen LogP contribution in [0.15, 0.2) is 24.4 Å². The van der Waals surface area contributed by atoms with E-state index in [9.17, 15) is 4.79 Å². The van der Waals surface area contributed by atoms with Crippen molar-refractivity contribution in [2.24, 2.45) is 0 Å². The van der Waals surface area contributed by atoms with Crippen molar-refractivity contribution in [1.82, 2.24) is 15.1 Å². The van der Waals surface area contributed by atoms with Gasteiger partial charge in [0.25, 0.3) is 0 Å². The number of benzene rings is 1. The highest BCUT2D eigenvalue weighted by Crippen LogP contribution is 2.27. The van der Waals surface area contributed by atoms with E-state index in [-0.39, 0.29) is 12.1 Å². The summed E-state index contributed by atoms with van der Waals surface area (Å²) in [6.07, 6.45) is 1.60. The molecule has 124 valence electrons. The number of amides is 1. The molecular formula is C17H24N4O2. The Hall–Kier alpha value is -2.24. The molecule has 1 aliphatic heterocycles. The number of carbonyl (C=O) groups excluding carboxylic acids is 1. The van der Waals surface area contributed by atoms with Crippen molar-refractivity contribution in [1.29, 1.82) is 0 Å². The molecule has 2 heterocycles. The number of nitrogens with one attached hydrogen (secondary N) is 1. The minimum absolute atomic E-state index is 0.0942. The number of hydrogen-bond acceptors (Lipinski definition) is 4. The van der Waals surface area contributed by atoms with E-state index in [0.717, 1.165) is 29.7 Å². The number of aromatic nitrogens is 2. The summed E-state index contributed by atoms with van der Waals surface area (Å²) >= 11 is 0. The van der Waals surface area contributed by atoms with E-state index in [1.807, 2.05) is 44.0 Å². The Bertz CT molecular complexity index is 704. The molecule has 0 bridgehead atoms. The topological polar surface area (TPSA) is 61.5 Å². The predicted molar refractivity (Wildman–Crippen MR) is 90.7 cm³/mol. The Morgan fingerprint density at radius 3 is 2.83 bits per heavy atom. The fraction of sp³-hybridized carbons (Fsp3) is 0.529. The molecule has 1 aromatic heterocycles. The van der Waals surface area contributed by atoms with Gasteiger partial charge in [-0.3, -0.25) is 5.10 Å². The van der Waals surface area contributed by atoms with Crippen molar-refractivity contribution in [2.75, 3.05) is 24.5 Å². The van der Waals surface area contributed by atoms with Crippen LogP contribution in [0.25, 0.3) is 10.9 Å². The summed E-state index contributed by atoms with van der Waals surface area (Å²) in [4.78, 5) is 16.4. The number of fused-ring (bicyclic) bond motifs is 1. The van der Waals surface area contributed by atoms with Crippen molar-refractivity contribution in [3.05, 3.63) is 24.4 Å². The van der Waals surface area contributed by atoms with E-state index in [1.165, 1.54) is 0 Å². The van der Waals surface area contributed by atoms with E-state index < -0.39 is 5.60 Å². The molecule has 23 heavy (non-hydrogen) atoms. The zero-order valence-electron chi connectivity index (χ0n) is 14.2. The normalized spacial score (nSPS) is 19.2. The predicted octanol–water partition coefficient (Wildman–Crippen LogP) is 3.01. The van der Waals surface area contributed by atoms with Gasteiger partial charge in [-0.2, -0.15) is 5.10 Å². The van der Waals surface area contributed by atoms with Crippen LogP contribution in [0.1, 0.15) is 27.7 Å². The highest BCUT2D eigenvalue weighted by molar-refractivity contribution is 5.90. The van der Waals surface area contributed by atoms with Crippen LogP contribution in [0, 0.1) is 0 Å². The zero-order valence-corrected chi connectivity index (χ0v) is 14.2. The summed E-state index contributed by atoms with van der Waals surface area (Å²) in [6.45, 7) is 9.95. The minimum Gasteiger partial charge on any atom is -0.444 e. The molecule has 2 aromatic rings. The van der Waals surface area contributed by atoms with Crippen molar-refractivity contribution in [3.8, 4) is 0 Å². The van der Waals surface area contributed by atoms with Gasteiger partial charge in [0.05, 0.1) is 17.4 Å². The first-order chi connectivity index (χ1) is 10.8. The second kappa shape index (κ2) is 5.76. The highest BCUT2D eigenvalue weighted by Gasteiger charge is 2.31. The van der Waals surface area contributed by atoms with Crippen LogP contribution in [0.2, 0.25) is 0 Å². The van der Waals surface area contributed by atoms with Gasteiger partial charge < -0.3 is 14.5 Å². The number of ether oxygens (including phenoxy) is 1. The van der Waals surface area contributed by atoms with Gasteiger partial charge in [-0.1, -0.05) is 12.1 Å². The van der Waals surface area contributed by atoms with Gasteiger partial charge in [0.2, 0.25) is 0 Å². The number of carbonyl (C=O) groups is 1. The maximum absolute atomic E-state index is 12.3. The van der Waals surface area contributed by atoms with E-state index in [0.29, 0.717) is 6.54 Å². The third kappa shape index (κ3) is 3.25. The van der Waals surface area contributed by atoms with E-state index in [4.69, 9.17) is 4.74 Å². The first-order valence-corrected chi connectivity index (χ1v) is 8.02. The van der Waals surface area contributed by atoms with Crippen molar-refractivity contribution in [2.45, 2.75) is 39.3 Å².